The van der Waals surface area contributed by atoms with E-state index in [9.17, 15) is 9.18 Å². The Morgan fingerprint density at radius 3 is 2.72 bits per heavy atom. The molecule has 3 nitrogen and oxygen atoms in total. The van der Waals surface area contributed by atoms with E-state index in [1.807, 2.05) is 11.8 Å². The fourth-order valence-corrected chi connectivity index (χ4v) is 1.71. The first-order valence-corrected chi connectivity index (χ1v) is 5.98. The first-order chi connectivity index (χ1) is 8.58. The third-order valence-electron chi connectivity index (χ3n) is 2.74. The fourth-order valence-electron chi connectivity index (χ4n) is 1.71. The molecule has 0 fully saturated rings. The second-order valence-corrected chi connectivity index (χ2v) is 4.26. The number of benzene rings is 1. The van der Waals surface area contributed by atoms with Crippen LogP contribution in [0.3, 0.4) is 0 Å². The average molecular weight is 248 g/mol. The summed E-state index contributed by atoms with van der Waals surface area (Å²) in [6, 6.07) is 8.09. The molecule has 0 aliphatic carbocycles. The number of carbonyl (C=O) groups excluding carboxylic acids is 1. The molecule has 96 valence electrons. The van der Waals surface area contributed by atoms with Gasteiger partial charge in [-0.3, -0.25) is 9.69 Å². The number of hydrogen-bond acceptors (Lipinski definition) is 3. The maximum absolute atomic E-state index is 13.4. The van der Waals surface area contributed by atoms with Gasteiger partial charge in [0.25, 0.3) is 0 Å². The summed E-state index contributed by atoms with van der Waals surface area (Å²) in [5.41, 5.74) is 0.112. The molecule has 1 rings (SSSR count). The van der Waals surface area contributed by atoms with Crippen LogP contribution < -0.4 is 0 Å². The number of carbonyl (C=O) groups is 1. The van der Waals surface area contributed by atoms with Crippen LogP contribution in [0.4, 0.5) is 4.39 Å². The Bertz CT molecular complexity index is 453. The molecule has 18 heavy (non-hydrogen) atoms. The van der Waals surface area contributed by atoms with Crippen molar-refractivity contribution in [1.82, 2.24) is 4.90 Å². The summed E-state index contributed by atoms with van der Waals surface area (Å²) in [5.74, 6) is -0.884. The first-order valence-electron chi connectivity index (χ1n) is 5.98. The number of rotatable bonds is 6. The highest BCUT2D eigenvalue weighted by atomic mass is 19.1. The van der Waals surface area contributed by atoms with Crippen LogP contribution in [0.25, 0.3) is 0 Å². The van der Waals surface area contributed by atoms with Crippen molar-refractivity contribution in [2.45, 2.75) is 13.8 Å². The van der Waals surface area contributed by atoms with E-state index in [0.29, 0.717) is 13.1 Å². The van der Waals surface area contributed by atoms with Crippen molar-refractivity contribution in [2.75, 3.05) is 19.6 Å². The quantitative estimate of drug-likeness (QED) is 0.726. The lowest BCUT2D eigenvalue weighted by molar-refractivity contribution is 0.0925. The molecule has 1 aromatic carbocycles. The summed E-state index contributed by atoms with van der Waals surface area (Å²) in [5, 5.41) is 8.75. The molecule has 0 bridgehead atoms. The number of hydrogen-bond donors (Lipinski definition) is 0. The predicted molar refractivity (Wildman–Crippen MR) is 67.6 cm³/mol. The Morgan fingerprint density at radius 2 is 2.17 bits per heavy atom. The van der Waals surface area contributed by atoms with Gasteiger partial charge in [-0.2, -0.15) is 5.26 Å². The average Bonchev–Trinajstić information content (AvgIpc) is 2.38. The third kappa shape index (κ3) is 3.94. The smallest absolute Gasteiger partial charge is 0.179 e. The van der Waals surface area contributed by atoms with Crippen molar-refractivity contribution >= 4 is 5.78 Å². The van der Waals surface area contributed by atoms with Gasteiger partial charge >= 0.3 is 0 Å². The van der Waals surface area contributed by atoms with Gasteiger partial charge in [0, 0.05) is 6.54 Å². The number of Topliss-reactive ketones (excluding diaryl/α,β-unsaturated/α-hetero) is 1. The molecule has 0 radical (unpaired) electrons. The van der Waals surface area contributed by atoms with Crippen LogP contribution in [0.15, 0.2) is 24.3 Å². The Morgan fingerprint density at radius 1 is 1.50 bits per heavy atom. The molecule has 0 aliphatic heterocycles. The molecule has 1 unspecified atom stereocenters. The Kier molecular flexibility index (Phi) is 5.47. The molecule has 0 heterocycles. The molecule has 0 amide bonds. The number of likely N-dealkylation sites (N-methyl/N-ethyl adjacent to an activating group) is 1. The van der Waals surface area contributed by atoms with E-state index in [2.05, 4.69) is 6.07 Å². The summed E-state index contributed by atoms with van der Waals surface area (Å²) in [6.07, 6.45) is 0. The molecule has 0 N–H and O–H groups in total. The number of nitriles is 1. The van der Waals surface area contributed by atoms with Crippen LogP contribution in [0.5, 0.6) is 0 Å². The van der Waals surface area contributed by atoms with E-state index in [4.69, 9.17) is 5.26 Å². The highest BCUT2D eigenvalue weighted by molar-refractivity contribution is 5.97. The lowest BCUT2D eigenvalue weighted by Gasteiger charge is -2.20. The van der Waals surface area contributed by atoms with Gasteiger partial charge in [-0.25, -0.2) is 4.39 Å². The van der Waals surface area contributed by atoms with Crippen LogP contribution in [0.2, 0.25) is 0 Å². The van der Waals surface area contributed by atoms with E-state index in [0.717, 1.165) is 0 Å². The van der Waals surface area contributed by atoms with Crippen molar-refractivity contribution in [3.8, 4) is 6.07 Å². The molecule has 1 atom stereocenters. The van der Waals surface area contributed by atoms with Gasteiger partial charge in [0.2, 0.25) is 0 Å². The van der Waals surface area contributed by atoms with E-state index < -0.39 is 5.82 Å². The van der Waals surface area contributed by atoms with Gasteiger partial charge in [0.1, 0.15) is 5.82 Å². The Labute approximate surface area is 107 Å². The van der Waals surface area contributed by atoms with E-state index in [1.54, 1.807) is 19.1 Å². The van der Waals surface area contributed by atoms with Crippen molar-refractivity contribution in [2.24, 2.45) is 5.92 Å². The topological polar surface area (TPSA) is 44.1 Å². The van der Waals surface area contributed by atoms with Crippen LogP contribution >= 0.6 is 0 Å². The minimum Gasteiger partial charge on any atom is -0.295 e. The van der Waals surface area contributed by atoms with Gasteiger partial charge in [-0.05, 0) is 25.6 Å². The SMILES string of the molecule is CCN(CC(=O)c1ccccc1F)CC(C)C#N. The van der Waals surface area contributed by atoms with Crippen molar-refractivity contribution in [3.05, 3.63) is 35.6 Å². The lowest BCUT2D eigenvalue weighted by atomic mass is 10.1. The monoisotopic (exact) mass is 248 g/mol. The maximum Gasteiger partial charge on any atom is 0.179 e. The van der Waals surface area contributed by atoms with Gasteiger partial charge < -0.3 is 0 Å². The zero-order valence-electron chi connectivity index (χ0n) is 10.7. The first kappa shape index (κ1) is 14.3. The van der Waals surface area contributed by atoms with Gasteiger partial charge in [0.05, 0.1) is 24.1 Å². The molecule has 4 heteroatoms. The summed E-state index contributed by atoms with van der Waals surface area (Å²) >= 11 is 0. The molecule has 0 aromatic heterocycles. The summed E-state index contributed by atoms with van der Waals surface area (Å²) in [7, 11) is 0. The van der Waals surface area contributed by atoms with E-state index >= 15 is 0 Å². The number of nitrogens with zero attached hydrogens (tertiary/aromatic N) is 2. The highest BCUT2D eigenvalue weighted by Crippen LogP contribution is 2.09. The molecular weight excluding hydrogens is 231 g/mol. The summed E-state index contributed by atoms with van der Waals surface area (Å²) in [4.78, 5) is 13.8. The fraction of sp³-hybridized carbons (Fsp3) is 0.429. The Balaban J connectivity index is 2.69. The van der Waals surface area contributed by atoms with Crippen LogP contribution in [-0.4, -0.2) is 30.3 Å². The zero-order valence-corrected chi connectivity index (χ0v) is 10.7. The number of ketones is 1. The standard InChI is InChI=1S/C14H17FN2O/c1-3-17(9-11(2)8-16)10-14(18)12-6-4-5-7-13(12)15/h4-7,11H,3,9-10H2,1-2H3. The Hall–Kier alpha value is -1.73. The van der Waals surface area contributed by atoms with Crippen molar-refractivity contribution in [1.29, 1.82) is 5.26 Å². The normalized spacial score (nSPS) is 12.2. The summed E-state index contributed by atoms with van der Waals surface area (Å²) < 4.78 is 13.4. The zero-order chi connectivity index (χ0) is 13.5. The van der Waals surface area contributed by atoms with Crippen LogP contribution in [0, 0.1) is 23.1 Å². The highest BCUT2D eigenvalue weighted by Gasteiger charge is 2.16. The molecule has 1 aromatic rings. The molecule has 0 saturated carbocycles. The largest absolute Gasteiger partial charge is 0.295 e. The van der Waals surface area contributed by atoms with Gasteiger partial charge in [0.15, 0.2) is 5.78 Å². The van der Waals surface area contributed by atoms with Gasteiger partial charge in [-0.15, -0.1) is 0 Å². The number of halogens is 1. The molecular formula is C14H17FN2O. The van der Waals surface area contributed by atoms with Crippen molar-refractivity contribution < 1.29 is 9.18 Å². The van der Waals surface area contributed by atoms with Crippen LogP contribution in [0.1, 0.15) is 24.2 Å². The van der Waals surface area contributed by atoms with Crippen molar-refractivity contribution in [3.63, 3.8) is 0 Å². The summed E-state index contributed by atoms with van der Waals surface area (Å²) in [6.45, 7) is 5.04. The molecule has 0 saturated heterocycles. The van der Waals surface area contributed by atoms with E-state index in [1.165, 1.54) is 12.1 Å². The molecule has 0 aliphatic rings. The van der Waals surface area contributed by atoms with E-state index in [-0.39, 0.29) is 23.8 Å². The van der Waals surface area contributed by atoms with Crippen LogP contribution in [-0.2, 0) is 0 Å². The second kappa shape index (κ2) is 6.87. The third-order valence-corrected chi connectivity index (χ3v) is 2.74. The van der Waals surface area contributed by atoms with Gasteiger partial charge in [-0.1, -0.05) is 19.1 Å². The minimum atomic E-state index is -0.494. The maximum atomic E-state index is 13.4. The lowest BCUT2D eigenvalue weighted by Crippen LogP contribution is -2.33. The minimum absolute atomic E-state index is 0.112. The second-order valence-electron chi connectivity index (χ2n) is 4.26. The molecule has 0 spiro atoms. The predicted octanol–water partition coefficient (Wildman–Crippen LogP) is 2.49.